The Kier molecular flexibility index (Phi) is 5.77. The number of hydrogen-bond acceptors (Lipinski definition) is 5. The molecule has 130 valence electrons. The zero-order valence-electron chi connectivity index (χ0n) is 14.4. The smallest absolute Gasteiger partial charge is 0.189 e. The van der Waals surface area contributed by atoms with Gasteiger partial charge in [-0.2, -0.15) is 5.26 Å². The van der Waals surface area contributed by atoms with Crippen LogP contribution in [0.5, 0.6) is 0 Å². The van der Waals surface area contributed by atoms with Crippen LogP contribution in [0.15, 0.2) is 59.8 Å². The molecular weight excluding hydrogens is 364 g/mol. The van der Waals surface area contributed by atoms with E-state index in [1.165, 1.54) is 11.8 Å². The fraction of sp³-hybridized carbons (Fsp3) is 0.150. The van der Waals surface area contributed by atoms with E-state index in [9.17, 15) is 5.26 Å². The molecule has 0 saturated carbocycles. The number of anilines is 1. The average Bonchev–Trinajstić information content (AvgIpc) is 2.68. The van der Waals surface area contributed by atoms with Gasteiger partial charge in [0.15, 0.2) is 5.16 Å². The molecule has 3 aromatic rings. The van der Waals surface area contributed by atoms with Crippen molar-refractivity contribution < 1.29 is 0 Å². The minimum atomic E-state index is 0.00553. The number of nitrogens with one attached hydrogen (secondary N) is 1. The standard InChI is InChI=1S/C20H17ClN4S/c1-13(14-6-4-3-5-7-14)23-19-17(12-22)18(24-20(25-19)26-2)15-8-10-16(21)11-9-15/h3-11,13H,1-2H3,(H,23,24,25). The zero-order valence-corrected chi connectivity index (χ0v) is 16.0. The molecule has 2 aromatic carbocycles. The Morgan fingerprint density at radius 3 is 2.38 bits per heavy atom. The molecule has 0 aliphatic heterocycles. The summed E-state index contributed by atoms with van der Waals surface area (Å²) in [5.41, 5.74) is 2.98. The SMILES string of the molecule is CSc1nc(NC(C)c2ccccc2)c(C#N)c(-c2ccc(Cl)cc2)n1. The number of hydrogen-bond donors (Lipinski definition) is 1. The Labute approximate surface area is 162 Å². The zero-order chi connectivity index (χ0) is 18.5. The summed E-state index contributed by atoms with van der Waals surface area (Å²) < 4.78 is 0. The molecule has 0 saturated heterocycles. The van der Waals surface area contributed by atoms with E-state index >= 15 is 0 Å². The lowest BCUT2D eigenvalue weighted by atomic mass is 10.1. The van der Waals surface area contributed by atoms with Crippen LogP contribution < -0.4 is 5.32 Å². The maximum atomic E-state index is 9.76. The molecule has 0 radical (unpaired) electrons. The van der Waals surface area contributed by atoms with Crippen molar-refractivity contribution in [1.29, 1.82) is 5.26 Å². The first-order valence-corrected chi connectivity index (χ1v) is 9.66. The van der Waals surface area contributed by atoms with Gasteiger partial charge in [-0.3, -0.25) is 0 Å². The predicted octanol–water partition coefficient (Wildman–Crippen LogP) is 5.56. The molecular formula is C20H17ClN4S. The lowest BCUT2D eigenvalue weighted by Gasteiger charge is -2.17. The van der Waals surface area contributed by atoms with Gasteiger partial charge in [-0.1, -0.05) is 65.8 Å². The Balaban J connectivity index is 2.06. The molecule has 1 unspecified atom stereocenters. The average molecular weight is 381 g/mol. The number of benzene rings is 2. The van der Waals surface area contributed by atoms with Crippen LogP contribution in [0.3, 0.4) is 0 Å². The van der Waals surface area contributed by atoms with E-state index in [0.717, 1.165) is 11.1 Å². The Bertz CT molecular complexity index is 937. The van der Waals surface area contributed by atoms with Gasteiger partial charge >= 0.3 is 0 Å². The van der Waals surface area contributed by atoms with Crippen molar-refractivity contribution in [2.75, 3.05) is 11.6 Å². The molecule has 1 atom stereocenters. The van der Waals surface area contributed by atoms with Crippen LogP contribution in [0, 0.1) is 11.3 Å². The molecule has 6 heteroatoms. The second-order valence-corrected chi connectivity index (χ2v) is 6.89. The van der Waals surface area contributed by atoms with Crippen molar-refractivity contribution in [3.8, 4) is 17.3 Å². The normalized spacial score (nSPS) is 11.6. The summed E-state index contributed by atoms with van der Waals surface area (Å²) in [6.45, 7) is 2.04. The van der Waals surface area contributed by atoms with Gasteiger partial charge in [0.2, 0.25) is 0 Å². The maximum Gasteiger partial charge on any atom is 0.189 e. The summed E-state index contributed by atoms with van der Waals surface area (Å²) in [6.07, 6.45) is 1.91. The minimum absolute atomic E-state index is 0.00553. The summed E-state index contributed by atoms with van der Waals surface area (Å²) in [4.78, 5) is 9.07. The molecule has 26 heavy (non-hydrogen) atoms. The number of thioether (sulfide) groups is 1. The van der Waals surface area contributed by atoms with E-state index in [4.69, 9.17) is 11.6 Å². The first-order valence-electron chi connectivity index (χ1n) is 8.06. The van der Waals surface area contributed by atoms with Crippen LogP contribution in [0.25, 0.3) is 11.3 Å². The van der Waals surface area contributed by atoms with Gasteiger partial charge in [-0.25, -0.2) is 9.97 Å². The summed E-state index contributed by atoms with van der Waals surface area (Å²) in [5, 5.41) is 14.4. The van der Waals surface area contributed by atoms with Crippen LogP contribution in [-0.4, -0.2) is 16.2 Å². The number of nitriles is 1. The molecule has 3 rings (SSSR count). The maximum absolute atomic E-state index is 9.76. The highest BCUT2D eigenvalue weighted by atomic mass is 35.5. The van der Waals surface area contributed by atoms with Gasteiger partial charge in [0.05, 0.1) is 5.69 Å². The van der Waals surface area contributed by atoms with E-state index in [2.05, 4.69) is 21.4 Å². The summed E-state index contributed by atoms with van der Waals surface area (Å²) >= 11 is 7.42. The Hall–Kier alpha value is -2.55. The molecule has 0 fully saturated rings. The summed E-state index contributed by atoms with van der Waals surface area (Å²) in [7, 11) is 0. The molecule has 0 aliphatic rings. The molecule has 1 N–H and O–H groups in total. The van der Waals surface area contributed by atoms with E-state index in [-0.39, 0.29) is 6.04 Å². The molecule has 0 spiro atoms. The highest BCUT2D eigenvalue weighted by Crippen LogP contribution is 2.31. The van der Waals surface area contributed by atoms with Gasteiger partial charge in [0.25, 0.3) is 0 Å². The third kappa shape index (κ3) is 3.98. The van der Waals surface area contributed by atoms with Crippen LogP contribution in [0.1, 0.15) is 24.1 Å². The van der Waals surface area contributed by atoms with Gasteiger partial charge in [-0.15, -0.1) is 0 Å². The van der Waals surface area contributed by atoms with E-state index in [1.807, 2.05) is 55.6 Å². The topological polar surface area (TPSA) is 61.6 Å². The highest BCUT2D eigenvalue weighted by Gasteiger charge is 2.18. The van der Waals surface area contributed by atoms with Gasteiger partial charge in [0.1, 0.15) is 17.5 Å². The van der Waals surface area contributed by atoms with Crippen molar-refractivity contribution >= 4 is 29.2 Å². The monoisotopic (exact) mass is 380 g/mol. The second-order valence-electron chi connectivity index (χ2n) is 5.68. The Morgan fingerprint density at radius 1 is 1.08 bits per heavy atom. The first-order chi connectivity index (χ1) is 12.6. The predicted molar refractivity (Wildman–Crippen MR) is 107 cm³/mol. The van der Waals surface area contributed by atoms with Crippen molar-refractivity contribution in [3.05, 3.63) is 70.7 Å². The fourth-order valence-corrected chi connectivity index (χ4v) is 3.08. The van der Waals surface area contributed by atoms with Crippen molar-refractivity contribution in [2.24, 2.45) is 0 Å². The number of rotatable bonds is 5. The van der Waals surface area contributed by atoms with E-state index in [0.29, 0.717) is 27.3 Å². The van der Waals surface area contributed by atoms with Crippen LogP contribution >= 0.6 is 23.4 Å². The van der Waals surface area contributed by atoms with Gasteiger partial charge < -0.3 is 5.32 Å². The number of nitrogens with zero attached hydrogens (tertiary/aromatic N) is 3. The first kappa shape index (κ1) is 18.2. The van der Waals surface area contributed by atoms with Crippen LogP contribution in [0.4, 0.5) is 5.82 Å². The number of halogens is 1. The molecule has 0 bridgehead atoms. The van der Waals surface area contributed by atoms with Gasteiger partial charge in [-0.05, 0) is 30.9 Å². The molecule has 4 nitrogen and oxygen atoms in total. The third-order valence-corrected chi connectivity index (χ3v) is 4.75. The number of aromatic nitrogens is 2. The van der Waals surface area contributed by atoms with E-state index < -0.39 is 0 Å². The highest BCUT2D eigenvalue weighted by molar-refractivity contribution is 7.98. The van der Waals surface area contributed by atoms with Crippen LogP contribution in [-0.2, 0) is 0 Å². The quantitative estimate of drug-likeness (QED) is 0.463. The second kappa shape index (κ2) is 8.22. The molecule has 1 heterocycles. The molecule has 0 amide bonds. The van der Waals surface area contributed by atoms with Crippen molar-refractivity contribution in [2.45, 2.75) is 18.1 Å². The van der Waals surface area contributed by atoms with E-state index in [1.54, 1.807) is 12.1 Å². The molecule has 1 aromatic heterocycles. The summed E-state index contributed by atoms with van der Waals surface area (Å²) in [6, 6.07) is 19.6. The Morgan fingerprint density at radius 2 is 1.77 bits per heavy atom. The molecule has 0 aliphatic carbocycles. The summed E-state index contributed by atoms with van der Waals surface area (Å²) in [5.74, 6) is 0.535. The lowest BCUT2D eigenvalue weighted by Crippen LogP contribution is -2.11. The van der Waals surface area contributed by atoms with Crippen LogP contribution in [0.2, 0.25) is 5.02 Å². The van der Waals surface area contributed by atoms with Gasteiger partial charge in [0, 0.05) is 16.6 Å². The largest absolute Gasteiger partial charge is 0.362 e. The van der Waals surface area contributed by atoms with Crippen molar-refractivity contribution in [3.63, 3.8) is 0 Å². The fourth-order valence-electron chi connectivity index (χ4n) is 2.59. The third-order valence-electron chi connectivity index (χ3n) is 3.95. The van der Waals surface area contributed by atoms with Crippen molar-refractivity contribution in [1.82, 2.24) is 9.97 Å². The minimum Gasteiger partial charge on any atom is -0.362 e. The lowest BCUT2D eigenvalue weighted by molar-refractivity contribution is 0.854.